The van der Waals surface area contributed by atoms with E-state index in [1.807, 2.05) is 24.3 Å². The van der Waals surface area contributed by atoms with Crippen LogP contribution in [0, 0.1) is 0 Å². The molecule has 0 aliphatic carbocycles. The Labute approximate surface area is 150 Å². The molecule has 1 amide bonds. The highest BCUT2D eigenvalue weighted by Crippen LogP contribution is 2.23. The number of rotatable bonds is 4. The van der Waals surface area contributed by atoms with Gasteiger partial charge in [-0.15, -0.1) is 10.2 Å². The number of methoxy groups -OCH3 is 1. The number of piperidine rings is 1. The molecule has 0 spiro atoms. The van der Waals surface area contributed by atoms with Gasteiger partial charge in [-0.3, -0.25) is 4.79 Å². The number of likely N-dealkylation sites (tertiary alicyclic amines) is 1. The molecule has 26 heavy (non-hydrogen) atoms. The molecule has 1 saturated heterocycles. The zero-order valence-corrected chi connectivity index (χ0v) is 14.4. The molecular formula is C19H19N3O4. The minimum atomic E-state index is -0.125. The normalized spacial score (nSPS) is 17.3. The molecule has 1 aliphatic heterocycles. The third-order valence-corrected chi connectivity index (χ3v) is 4.41. The molecule has 0 N–H and O–H groups in total. The number of amides is 1. The van der Waals surface area contributed by atoms with Crippen LogP contribution in [0.5, 0.6) is 11.8 Å². The second-order valence-corrected chi connectivity index (χ2v) is 6.20. The molecule has 134 valence electrons. The second-order valence-electron chi connectivity index (χ2n) is 6.20. The molecule has 7 nitrogen and oxygen atoms in total. The molecule has 3 aromatic rings. The fourth-order valence-corrected chi connectivity index (χ4v) is 3.11. The van der Waals surface area contributed by atoms with Crippen LogP contribution in [0.4, 0.5) is 0 Å². The van der Waals surface area contributed by atoms with E-state index in [0.717, 1.165) is 18.2 Å². The number of nitrogens with zero attached hydrogens (tertiary/aromatic N) is 3. The summed E-state index contributed by atoms with van der Waals surface area (Å²) in [5.41, 5.74) is 0.717. The van der Waals surface area contributed by atoms with Crippen molar-refractivity contribution in [3.63, 3.8) is 0 Å². The van der Waals surface area contributed by atoms with E-state index in [2.05, 4.69) is 10.2 Å². The van der Waals surface area contributed by atoms with Gasteiger partial charge in [-0.25, -0.2) is 0 Å². The van der Waals surface area contributed by atoms with Gasteiger partial charge < -0.3 is 18.8 Å². The number of benzene rings is 1. The quantitative estimate of drug-likeness (QED) is 0.718. The van der Waals surface area contributed by atoms with E-state index in [9.17, 15) is 4.79 Å². The number of hydrogen-bond acceptors (Lipinski definition) is 6. The Morgan fingerprint density at radius 1 is 1.19 bits per heavy atom. The Morgan fingerprint density at radius 2 is 2.00 bits per heavy atom. The highest BCUT2D eigenvalue weighted by Gasteiger charge is 2.27. The van der Waals surface area contributed by atoms with Gasteiger partial charge in [-0.1, -0.05) is 18.2 Å². The highest BCUT2D eigenvalue weighted by molar-refractivity contribution is 5.96. The molecule has 1 atom stereocenters. The average Bonchev–Trinajstić information content (AvgIpc) is 3.12. The Hall–Kier alpha value is -3.09. The van der Waals surface area contributed by atoms with Gasteiger partial charge in [0.2, 0.25) is 11.8 Å². The third-order valence-electron chi connectivity index (χ3n) is 4.41. The van der Waals surface area contributed by atoms with Crippen LogP contribution in [0.3, 0.4) is 0 Å². The number of ether oxygens (including phenoxy) is 2. The zero-order chi connectivity index (χ0) is 17.9. The maximum Gasteiger partial charge on any atom is 0.289 e. The van der Waals surface area contributed by atoms with Crippen molar-refractivity contribution in [3.05, 3.63) is 48.2 Å². The van der Waals surface area contributed by atoms with Gasteiger partial charge in [0.1, 0.15) is 11.7 Å². The first-order valence-electron chi connectivity index (χ1n) is 8.55. The summed E-state index contributed by atoms with van der Waals surface area (Å²) in [6, 6.07) is 12.8. The Morgan fingerprint density at radius 3 is 2.77 bits per heavy atom. The molecule has 1 aromatic carbocycles. The summed E-state index contributed by atoms with van der Waals surface area (Å²) in [6.07, 6.45) is 1.59. The van der Waals surface area contributed by atoms with Crippen LogP contribution >= 0.6 is 0 Å². The van der Waals surface area contributed by atoms with Crippen molar-refractivity contribution >= 4 is 16.9 Å². The van der Waals surface area contributed by atoms with Crippen LogP contribution in [0.25, 0.3) is 11.0 Å². The predicted molar refractivity (Wildman–Crippen MR) is 94.4 cm³/mol. The molecule has 0 saturated carbocycles. The summed E-state index contributed by atoms with van der Waals surface area (Å²) >= 11 is 0. The van der Waals surface area contributed by atoms with Gasteiger partial charge in [0.25, 0.3) is 5.91 Å². The molecule has 1 unspecified atom stereocenters. The SMILES string of the molecule is COc1ccc(OC2CCCN(C(=O)c3cc4ccccc4o3)C2)nn1. The number of carbonyl (C=O) groups is 1. The number of carbonyl (C=O) groups excluding carboxylic acids is 1. The van der Waals surface area contributed by atoms with E-state index in [1.165, 1.54) is 7.11 Å². The number of aromatic nitrogens is 2. The molecule has 4 rings (SSSR count). The maximum atomic E-state index is 12.8. The van der Waals surface area contributed by atoms with Crippen LogP contribution in [0.1, 0.15) is 23.4 Å². The minimum Gasteiger partial charge on any atom is -0.480 e. The summed E-state index contributed by atoms with van der Waals surface area (Å²) in [7, 11) is 1.53. The molecular weight excluding hydrogens is 334 g/mol. The van der Waals surface area contributed by atoms with Crippen molar-refractivity contribution in [1.29, 1.82) is 0 Å². The molecule has 7 heteroatoms. The van der Waals surface area contributed by atoms with Gasteiger partial charge in [0, 0.05) is 24.1 Å². The molecule has 1 fully saturated rings. The van der Waals surface area contributed by atoms with Crippen LogP contribution in [-0.2, 0) is 0 Å². The lowest BCUT2D eigenvalue weighted by Crippen LogP contribution is -2.44. The second kappa shape index (κ2) is 7.03. The fraction of sp³-hybridized carbons (Fsp3) is 0.316. The lowest BCUT2D eigenvalue weighted by Gasteiger charge is -2.31. The van der Waals surface area contributed by atoms with Crippen molar-refractivity contribution in [2.45, 2.75) is 18.9 Å². The van der Waals surface area contributed by atoms with Gasteiger partial charge in [-0.2, -0.15) is 0 Å². The summed E-state index contributed by atoms with van der Waals surface area (Å²) in [5.74, 6) is 1.10. The smallest absolute Gasteiger partial charge is 0.289 e. The highest BCUT2D eigenvalue weighted by atomic mass is 16.5. The summed E-state index contributed by atoms with van der Waals surface area (Å²) < 4.78 is 16.6. The van der Waals surface area contributed by atoms with E-state index in [1.54, 1.807) is 23.1 Å². The molecule has 0 bridgehead atoms. The Kier molecular flexibility index (Phi) is 4.43. The van der Waals surface area contributed by atoms with Crippen molar-refractivity contribution < 1.29 is 18.7 Å². The number of furan rings is 1. The monoisotopic (exact) mass is 353 g/mol. The van der Waals surface area contributed by atoms with E-state index >= 15 is 0 Å². The van der Waals surface area contributed by atoms with E-state index < -0.39 is 0 Å². The summed E-state index contributed by atoms with van der Waals surface area (Å²) in [4.78, 5) is 14.5. The third kappa shape index (κ3) is 3.33. The lowest BCUT2D eigenvalue weighted by molar-refractivity contribution is 0.0500. The standard InChI is InChI=1S/C19H19N3O4/c1-24-17-8-9-18(21-20-17)25-14-6-4-10-22(12-14)19(23)16-11-13-5-2-3-7-15(13)26-16/h2-3,5,7-9,11,14H,4,6,10,12H2,1H3. The molecule has 0 radical (unpaired) electrons. The minimum absolute atomic E-state index is 0.115. The fourth-order valence-electron chi connectivity index (χ4n) is 3.11. The van der Waals surface area contributed by atoms with E-state index in [4.69, 9.17) is 13.9 Å². The van der Waals surface area contributed by atoms with Crippen molar-refractivity contribution in [1.82, 2.24) is 15.1 Å². The van der Waals surface area contributed by atoms with Gasteiger partial charge in [0.15, 0.2) is 5.76 Å². The molecule has 2 aromatic heterocycles. The number of para-hydroxylation sites is 1. The Balaban J connectivity index is 1.44. The van der Waals surface area contributed by atoms with Crippen molar-refractivity contribution in [2.24, 2.45) is 0 Å². The largest absolute Gasteiger partial charge is 0.480 e. The van der Waals surface area contributed by atoms with Crippen molar-refractivity contribution in [3.8, 4) is 11.8 Å². The van der Waals surface area contributed by atoms with Gasteiger partial charge in [0.05, 0.1) is 13.7 Å². The van der Waals surface area contributed by atoms with E-state index in [-0.39, 0.29) is 12.0 Å². The number of hydrogen-bond donors (Lipinski definition) is 0. The van der Waals surface area contributed by atoms with E-state index in [0.29, 0.717) is 36.2 Å². The average molecular weight is 353 g/mol. The Bertz CT molecular complexity index is 874. The van der Waals surface area contributed by atoms with Crippen molar-refractivity contribution in [2.75, 3.05) is 20.2 Å². The van der Waals surface area contributed by atoms with Gasteiger partial charge >= 0.3 is 0 Å². The lowest BCUT2D eigenvalue weighted by atomic mass is 10.1. The molecule has 1 aliphatic rings. The van der Waals surface area contributed by atoms with Crippen LogP contribution in [-0.4, -0.2) is 47.3 Å². The molecule has 3 heterocycles. The predicted octanol–water partition coefficient (Wildman–Crippen LogP) is 2.92. The van der Waals surface area contributed by atoms with Crippen LogP contribution < -0.4 is 9.47 Å². The first-order chi connectivity index (χ1) is 12.7. The summed E-state index contributed by atoms with van der Waals surface area (Å²) in [5, 5.41) is 8.80. The first kappa shape index (κ1) is 16.4. The van der Waals surface area contributed by atoms with Crippen LogP contribution in [0.2, 0.25) is 0 Å². The summed E-state index contributed by atoms with van der Waals surface area (Å²) in [6.45, 7) is 1.17. The topological polar surface area (TPSA) is 77.7 Å². The number of fused-ring (bicyclic) bond motifs is 1. The first-order valence-corrected chi connectivity index (χ1v) is 8.55. The van der Waals surface area contributed by atoms with Gasteiger partial charge in [-0.05, 0) is 25.0 Å². The zero-order valence-electron chi connectivity index (χ0n) is 14.4. The maximum absolute atomic E-state index is 12.8. The van der Waals surface area contributed by atoms with Crippen LogP contribution in [0.15, 0.2) is 46.9 Å².